The highest BCUT2D eigenvalue weighted by atomic mass is 35.5. The van der Waals surface area contributed by atoms with Crippen molar-refractivity contribution in [1.29, 1.82) is 0 Å². The van der Waals surface area contributed by atoms with E-state index >= 15 is 0 Å². The minimum atomic E-state index is -4.27. The minimum Gasteiger partial charge on any atom is -0.387 e. The van der Waals surface area contributed by atoms with Gasteiger partial charge in [-0.25, -0.2) is 0 Å². The van der Waals surface area contributed by atoms with Crippen LogP contribution in [0.2, 0.25) is 5.02 Å². The number of aliphatic hydroxyl groups is 1. The van der Waals surface area contributed by atoms with Gasteiger partial charge in [-0.1, -0.05) is 11.6 Å². The van der Waals surface area contributed by atoms with Gasteiger partial charge in [-0.05, 0) is 13.3 Å². The molecule has 0 aliphatic carbocycles. The third-order valence-electron chi connectivity index (χ3n) is 2.15. The highest BCUT2D eigenvalue weighted by Gasteiger charge is 2.29. The molecule has 0 radical (unpaired) electrons. The molecule has 92 valence electrons. The monoisotopic (exact) mass is 256 g/mol. The Morgan fingerprint density at radius 2 is 2.19 bits per heavy atom. The van der Waals surface area contributed by atoms with Gasteiger partial charge in [0.1, 0.15) is 0 Å². The molecule has 0 spiro atoms. The van der Waals surface area contributed by atoms with E-state index in [1.807, 2.05) is 0 Å². The highest BCUT2D eigenvalue weighted by Crippen LogP contribution is 2.30. The normalized spacial score (nSPS) is 14.1. The Kier molecular flexibility index (Phi) is 4.21. The molecular formula is C9H12ClF3N2O. The molecule has 0 bridgehead atoms. The van der Waals surface area contributed by atoms with Gasteiger partial charge in [0.2, 0.25) is 0 Å². The molecule has 0 amide bonds. The van der Waals surface area contributed by atoms with Crippen LogP contribution in [-0.2, 0) is 6.54 Å². The molecule has 0 fully saturated rings. The van der Waals surface area contributed by atoms with Gasteiger partial charge in [-0.2, -0.15) is 18.3 Å². The van der Waals surface area contributed by atoms with E-state index in [9.17, 15) is 18.3 Å². The number of rotatable bonds is 4. The van der Waals surface area contributed by atoms with Crippen molar-refractivity contribution in [2.24, 2.45) is 0 Å². The standard InChI is InChI=1S/C9H12ClF3N2O/c1-2-15-8(6(10)5-14-15)7(16)3-4-9(11,12)13/h5,7,16H,2-4H2,1H3. The molecular weight excluding hydrogens is 245 g/mol. The number of aliphatic hydroxyl groups excluding tert-OH is 1. The van der Waals surface area contributed by atoms with Crippen molar-refractivity contribution in [2.75, 3.05) is 0 Å². The van der Waals surface area contributed by atoms with Crippen molar-refractivity contribution >= 4 is 11.6 Å². The summed E-state index contributed by atoms with van der Waals surface area (Å²) in [5.74, 6) is 0. The Morgan fingerprint density at radius 3 is 2.69 bits per heavy atom. The first-order valence-corrected chi connectivity index (χ1v) is 5.19. The number of aryl methyl sites for hydroxylation is 1. The van der Waals surface area contributed by atoms with E-state index < -0.39 is 25.1 Å². The predicted molar refractivity (Wildman–Crippen MR) is 53.2 cm³/mol. The number of hydrogen-bond acceptors (Lipinski definition) is 2. The number of aromatic nitrogens is 2. The fraction of sp³-hybridized carbons (Fsp3) is 0.667. The maximum atomic E-state index is 12.0. The summed E-state index contributed by atoms with van der Waals surface area (Å²) in [6, 6.07) is 0. The lowest BCUT2D eigenvalue weighted by Crippen LogP contribution is -2.13. The van der Waals surface area contributed by atoms with Gasteiger partial charge in [-0.3, -0.25) is 4.68 Å². The highest BCUT2D eigenvalue weighted by molar-refractivity contribution is 6.31. The predicted octanol–water partition coefficient (Wildman–Crippen LogP) is 2.93. The average Bonchev–Trinajstić information content (AvgIpc) is 2.55. The van der Waals surface area contributed by atoms with Crippen LogP contribution in [0.1, 0.15) is 31.6 Å². The Balaban J connectivity index is 2.72. The Hall–Kier alpha value is -0.750. The van der Waals surface area contributed by atoms with Crippen LogP contribution < -0.4 is 0 Å². The second-order valence-corrected chi connectivity index (χ2v) is 3.77. The van der Waals surface area contributed by atoms with E-state index in [0.717, 1.165) is 0 Å². The molecule has 0 aliphatic heterocycles. The molecule has 0 saturated carbocycles. The summed E-state index contributed by atoms with van der Waals surface area (Å²) in [4.78, 5) is 0. The number of halogens is 4. The smallest absolute Gasteiger partial charge is 0.387 e. The summed E-state index contributed by atoms with van der Waals surface area (Å²) < 4.78 is 37.3. The van der Waals surface area contributed by atoms with Crippen LogP contribution >= 0.6 is 11.6 Å². The van der Waals surface area contributed by atoms with Gasteiger partial charge in [0.25, 0.3) is 0 Å². The Bertz CT molecular complexity index is 351. The molecule has 0 saturated heterocycles. The zero-order chi connectivity index (χ0) is 12.3. The lowest BCUT2D eigenvalue weighted by molar-refractivity contribution is -0.140. The lowest BCUT2D eigenvalue weighted by Gasteiger charge is -2.14. The van der Waals surface area contributed by atoms with Crippen LogP contribution in [0.4, 0.5) is 13.2 Å². The summed E-state index contributed by atoms with van der Waals surface area (Å²) in [7, 11) is 0. The fourth-order valence-electron chi connectivity index (χ4n) is 1.39. The molecule has 16 heavy (non-hydrogen) atoms. The first kappa shape index (κ1) is 13.3. The second-order valence-electron chi connectivity index (χ2n) is 3.36. The summed E-state index contributed by atoms with van der Waals surface area (Å²) in [6.07, 6.45) is -5.65. The van der Waals surface area contributed by atoms with Crippen molar-refractivity contribution in [3.05, 3.63) is 16.9 Å². The van der Waals surface area contributed by atoms with Crippen LogP contribution in [0.25, 0.3) is 0 Å². The molecule has 1 aromatic rings. The van der Waals surface area contributed by atoms with Crippen LogP contribution in [-0.4, -0.2) is 21.1 Å². The lowest BCUT2D eigenvalue weighted by atomic mass is 10.1. The molecule has 1 heterocycles. The van der Waals surface area contributed by atoms with E-state index in [0.29, 0.717) is 6.54 Å². The van der Waals surface area contributed by atoms with E-state index in [4.69, 9.17) is 11.6 Å². The third-order valence-corrected chi connectivity index (χ3v) is 2.44. The molecule has 0 aliphatic rings. The van der Waals surface area contributed by atoms with Gasteiger partial charge >= 0.3 is 6.18 Å². The fourth-order valence-corrected chi connectivity index (χ4v) is 1.66. The molecule has 0 aromatic carbocycles. The number of hydrogen-bond donors (Lipinski definition) is 1. The first-order chi connectivity index (χ1) is 7.35. The van der Waals surface area contributed by atoms with Gasteiger partial charge < -0.3 is 5.11 Å². The van der Waals surface area contributed by atoms with Crippen molar-refractivity contribution in [3.63, 3.8) is 0 Å². The van der Waals surface area contributed by atoms with E-state index in [1.165, 1.54) is 10.9 Å². The Labute approximate surface area is 95.8 Å². The molecule has 1 rings (SSSR count). The Morgan fingerprint density at radius 1 is 1.56 bits per heavy atom. The summed E-state index contributed by atoms with van der Waals surface area (Å²) in [5.41, 5.74) is 0.244. The maximum absolute atomic E-state index is 12.0. The molecule has 1 aromatic heterocycles. The van der Waals surface area contributed by atoms with Crippen molar-refractivity contribution < 1.29 is 18.3 Å². The van der Waals surface area contributed by atoms with E-state index in [1.54, 1.807) is 6.92 Å². The largest absolute Gasteiger partial charge is 0.389 e. The molecule has 3 nitrogen and oxygen atoms in total. The number of alkyl halides is 3. The first-order valence-electron chi connectivity index (χ1n) is 4.81. The quantitative estimate of drug-likeness (QED) is 0.899. The van der Waals surface area contributed by atoms with Crippen molar-refractivity contribution in [2.45, 2.75) is 38.6 Å². The molecule has 1 atom stereocenters. The zero-order valence-corrected chi connectivity index (χ0v) is 9.39. The SMILES string of the molecule is CCn1ncc(Cl)c1C(O)CCC(F)(F)F. The summed E-state index contributed by atoms with van der Waals surface area (Å²) in [6.45, 7) is 2.22. The summed E-state index contributed by atoms with van der Waals surface area (Å²) in [5, 5.41) is 13.7. The molecule has 7 heteroatoms. The van der Waals surface area contributed by atoms with Crippen molar-refractivity contribution in [3.8, 4) is 0 Å². The van der Waals surface area contributed by atoms with Crippen LogP contribution in [0.5, 0.6) is 0 Å². The van der Waals surface area contributed by atoms with Crippen molar-refractivity contribution in [1.82, 2.24) is 9.78 Å². The van der Waals surface area contributed by atoms with Gasteiger partial charge in [0.15, 0.2) is 0 Å². The topological polar surface area (TPSA) is 38.0 Å². The maximum Gasteiger partial charge on any atom is 0.389 e. The number of nitrogens with zero attached hydrogens (tertiary/aromatic N) is 2. The van der Waals surface area contributed by atoms with E-state index in [2.05, 4.69) is 5.10 Å². The summed E-state index contributed by atoms with van der Waals surface area (Å²) >= 11 is 5.74. The molecule has 1 unspecified atom stereocenters. The van der Waals surface area contributed by atoms with Gasteiger partial charge in [0, 0.05) is 13.0 Å². The van der Waals surface area contributed by atoms with Crippen LogP contribution in [0.3, 0.4) is 0 Å². The minimum absolute atomic E-state index is 0.191. The third kappa shape index (κ3) is 3.38. The average molecular weight is 257 g/mol. The van der Waals surface area contributed by atoms with Crippen LogP contribution in [0.15, 0.2) is 6.20 Å². The van der Waals surface area contributed by atoms with E-state index in [-0.39, 0.29) is 10.7 Å². The zero-order valence-electron chi connectivity index (χ0n) is 8.63. The molecule has 1 N–H and O–H groups in total. The van der Waals surface area contributed by atoms with Crippen LogP contribution in [0, 0.1) is 0 Å². The second kappa shape index (κ2) is 5.05. The van der Waals surface area contributed by atoms with Gasteiger partial charge in [0.05, 0.1) is 23.0 Å². The van der Waals surface area contributed by atoms with Gasteiger partial charge in [-0.15, -0.1) is 0 Å².